The second-order valence-electron chi connectivity index (χ2n) is 32.9. The molecule has 1 aliphatic rings. The molecule has 0 unspecified atom stereocenters. The average Bonchev–Trinajstić information content (AvgIpc) is 1.77. The van der Waals surface area contributed by atoms with E-state index >= 15 is 0 Å². The Bertz CT molecular complexity index is 8840. The molecular weight excluding hydrogens is 1520 g/mol. The average molecular weight is 1590 g/mol. The van der Waals surface area contributed by atoms with Gasteiger partial charge in [0.05, 0.1) is 55.3 Å². The summed E-state index contributed by atoms with van der Waals surface area (Å²) >= 11 is 0. The summed E-state index contributed by atoms with van der Waals surface area (Å²) < 4.78 is 18.9. The Morgan fingerprint density at radius 1 is 0.185 bits per heavy atom. The van der Waals surface area contributed by atoms with E-state index in [1.54, 1.807) is 0 Å². The Morgan fingerprint density at radius 3 is 0.694 bits per heavy atom. The second kappa shape index (κ2) is 28.1. The highest BCUT2D eigenvalue weighted by Crippen LogP contribution is 2.51. The van der Waals surface area contributed by atoms with E-state index in [0.29, 0.717) is 5.39 Å². The molecule has 18 aromatic carbocycles. The van der Waals surface area contributed by atoms with Crippen LogP contribution in [0.25, 0.3) is 209 Å². The van der Waals surface area contributed by atoms with Crippen LogP contribution in [0.2, 0.25) is 0 Å². The number of aromatic nitrogens is 6. The van der Waals surface area contributed by atoms with Gasteiger partial charge in [-0.3, -0.25) is 28.1 Å². The zero-order chi connectivity index (χ0) is 82.6. The van der Waals surface area contributed by atoms with Crippen LogP contribution in [0, 0.1) is 0 Å². The van der Waals surface area contributed by atoms with E-state index in [-0.39, 0.29) is 22.1 Å². The molecule has 0 atom stereocenters. The van der Waals surface area contributed by atoms with E-state index in [1.165, 1.54) is 76.6 Å². The third kappa shape index (κ3) is 11.0. The molecule has 1 aliphatic carbocycles. The maximum absolute atomic E-state index is 14.0. The second-order valence-corrected chi connectivity index (χ2v) is 32.9. The Kier molecular flexibility index (Phi) is 16.2. The maximum atomic E-state index is 14.0. The van der Waals surface area contributed by atoms with Crippen LogP contribution in [0.1, 0.15) is 25.0 Å². The Morgan fingerprint density at radius 2 is 0.387 bits per heavy atom. The molecule has 0 radical (unpaired) electrons. The largest absolute Gasteiger partial charge is 0.456 e. The van der Waals surface area contributed by atoms with Crippen LogP contribution >= 0.6 is 0 Å². The van der Waals surface area contributed by atoms with Crippen LogP contribution in [0.15, 0.2) is 431 Å². The molecule has 0 bridgehead atoms. The minimum absolute atomic E-state index is 0.00224. The first kappa shape index (κ1) is 71.7. The van der Waals surface area contributed by atoms with Gasteiger partial charge in [-0.1, -0.05) is 269 Å². The molecule has 0 N–H and O–H groups in total. The molecule has 124 heavy (non-hydrogen) atoms. The summed E-state index contributed by atoms with van der Waals surface area (Å²) in [6, 6.07) is 142. The number of para-hydroxylation sites is 9. The number of nitrogens with zero attached hydrogens (tertiary/aromatic N) is 6. The third-order valence-electron chi connectivity index (χ3n) is 25.8. The molecule has 584 valence electrons. The van der Waals surface area contributed by atoms with Gasteiger partial charge in [-0.2, -0.15) is 0 Å². The first-order valence-corrected chi connectivity index (χ1v) is 42.1. The number of pyridine rings is 3. The van der Waals surface area contributed by atoms with E-state index in [2.05, 4.69) is 282 Å². The number of furan rings is 1. The smallest absolute Gasteiger partial charge is 0.263 e. The summed E-state index contributed by atoms with van der Waals surface area (Å²) in [7, 11) is 0. The van der Waals surface area contributed by atoms with Gasteiger partial charge in [0, 0.05) is 109 Å². The van der Waals surface area contributed by atoms with Crippen molar-refractivity contribution in [2.75, 3.05) is 0 Å². The van der Waals surface area contributed by atoms with Gasteiger partial charge < -0.3 is 18.1 Å². The highest BCUT2D eigenvalue weighted by molar-refractivity contribution is 6.15. The van der Waals surface area contributed by atoms with Crippen molar-refractivity contribution < 1.29 is 4.42 Å². The lowest BCUT2D eigenvalue weighted by molar-refractivity contribution is 0.659. The molecule has 7 heterocycles. The molecule has 0 amide bonds. The summed E-state index contributed by atoms with van der Waals surface area (Å²) in [5.74, 6) is 0. The molecule has 26 rings (SSSR count). The third-order valence-corrected chi connectivity index (χ3v) is 25.8. The van der Waals surface area contributed by atoms with Crippen LogP contribution in [-0.4, -0.2) is 27.4 Å². The van der Waals surface area contributed by atoms with Crippen LogP contribution in [-0.2, 0) is 5.41 Å². The van der Waals surface area contributed by atoms with Crippen molar-refractivity contribution in [3.8, 4) is 56.4 Å². The van der Waals surface area contributed by atoms with Gasteiger partial charge in [-0.15, -0.1) is 0 Å². The monoisotopic (exact) mass is 1590 g/mol. The Hall–Kier alpha value is -16.4. The minimum atomic E-state index is -0.244. The van der Waals surface area contributed by atoms with Gasteiger partial charge in [0.2, 0.25) is 0 Å². The van der Waals surface area contributed by atoms with Gasteiger partial charge in [0.1, 0.15) is 11.2 Å². The molecule has 0 saturated heterocycles. The molecular formula is C114H74N6O4. The molecule has 0 aliphatic heterocycles. The van der Waals surface area contributed by atoms with Gasteiger partial charge in [0.15, 0.2) is 0 Å². The predicted molar refractivity (Wildman–Crippen MR) is 514 cm³/mol. The first-order chi connectivity index (χ1) is 61.1. The number of hydrogen-bond acceptors (Lipinski definition) is 4. The van der Waals surface area contributed by atoms with Crippen molar-refractivity contribution in [1.82, 2.24) is 27.4 Å². The lowest BCUT2D eigenvalue weighted by Gasteiger charge is -2.23. The fourth-order valence-electron chi connectivity index (χ4n) is 20.1. The van der Waals surface area contributed by atoms with Gasteiger partial charge in [-0.05, 0) is 207 Å². The Balaban J connectivity index is 0.000000105. The van der Waals surface area contributed by atoms with Crippen molar-refractivity contribution in [2.24, 2.45) is 0 Å². The molecule has 0 fully saturated rings. The zero-order valence-corrected chi connectivity index (χ0v) is 67.6. The normalized spacial score (nSPS) is 12.4. The summed E-state index contributed by atoms with van der Waals surface area (Å²) in [5.41, 5.74) is 24.4. The van der Waals surface area contributed by atoms with Gasteiger partial charge in [0.25, 0.3) is 16.7 Å². The molecule has 10 nitrogen and oxygen atoms in total. The van der Waals surface area contributed by atoms with Crippen LogP contribution in [0.5, 0.6) is 0 Å². The summed E-state index contributed by atoms with van der Waals surface area (Å²) in [6.45, 7) is 4.61. The van der Waals surface area contributed by atoms with E-state index < -0.39 is 0 Å². The fourth-order valence-corrected chi connectivity index (χ4v) is 20.1. The lowest BCUT2D eigenvalue weighted by Crippen LogP contribution is -2.20. The molecule has 10 heteroatoms. The van der Waals surface area contributed by atoms with E-state index in [9.17, 15) is 14.4 Å². The van der Waals surface area contributed by atoms with E-state index in [0.717, 1.165) is 138 Å². The van der Waals surface area contributed by atoms with Gasteiger partial charge >= 0.3 is 0 Å². The molecule has 0 spiro atoms. The number of fused-ring (bicyclic) bond motifs is 24. The van der Waals surface area contributed by atoms with Gasteiger partial charge in [-0.25, -0.2) is 0 Å². The lowest BCUT2D eigenvalue weighted by atomic mass is 9.82. The minimum Gasteiger partial charge on any atom is -0.456 e. The van der Waals surface area contributed by atoms with Crippen molar-refractivity contribution in [3.05, 3.63) is 455 Å². The van der Waals surface area contributed by atoms with Crippen molar-refractivity contribution in [2.45, 2.75) is 19.3 Å². The molecule has 7 aromatic heterocycles. The van der Waals surface area contributed by atoms with Crippen LogP contribution < -0.4 is 16.7 Å². The first-order valence-electron chi connectivity index (χ1n) is 42.1. The maximum Gasteiger partial charge on any atom is 0.263 e. The van der Waals surface area contributed by atoms with Crippen LogP contribution in [0.4, 0.5) is 0 Å². The van der Waals surface area contributed by atoms with E-state index in [1.807, 2.05) is 171 Å². The van der Waals surface area contributed by atoms with E-state index in [4.69, 9.17) is 4.42 Å². The van der Waals surface area contributed by atoms with Crippen molar-refractivity contribution in [3.63, 3.8) is 0 Å². The standard InChI is InChI=1S/C40H28N2O.C37H22N2O2.C37H24N2O/c1-40(2)34-23-25(41-36-16-8-6-13-31(36)32-14-7-9-17-37(32)41)19-21-28(34)29-22-20-26(24-35(29)40)42-38-18-10-5-12-30(38)27-11-3-4-15-33(27)39(42)43;40-37-29-13-2-1-9-25(29)26-10-3-8-16-34(26)39(37)24-18-20-36-31(22-24)30-21-23(17-19-35(30)41-36)38-32-14-6-4-11-27(32)28-12-5-7-15-33(28)38;40-37-33-13-2-1-9-29(33)30-10-3-8-16-36(30)39(37)28-23-19-26(20-24-28)25-17-21-27(22-18-25)38-34-14-6-4-11-31(34)32-12-5-7-15-35(32)38/h3-24H,1-2H3;1-22H;1-24H. The Labute approximate surface area is 709 Å². The topological polar surface area (TPSA) is 93.9 Å². The number of benzene rings is 18. The summed E-state index contributed by atoms with van der Waals surface area (Å²) in [4.78, 5) is 41.4. The number of hydrogen-bond donors (Lipinski definition) is 0. The fraction of sp³-hybridized carbons (Fsp3) is 0.0263. The van der Waals surface area contributed by atoms with Crippen molar-refractivity contribution in [1.29, 1.82) is 0 Å². The quantitative estimate of drug-likeness (QED) is 0.149. The van der Waals surface area contributed by atoms with Crippen LogP contribution in [0.3, 0.4) is 0 Å². The highest BCUT2D eigenvalue weighted by atomic mass is 16.3. The summed E-state index contributed by atoms with van der Waals surface area (Å²) in [6.07, 6.45) is 0. The highest BCUT2D eigenvalue weighted by Gasteiger charge is 2.37. The van der Waals surface area contributed by atoms with Crippen molar-refractivity contribution >= 4 is 152 Å². The SMILES string of the molecule is CC1(C)c2cc(-n3c(=O)c4ccccc4c4ccccc43)ccc2-c2ccc(-n3c4ccccc4c4ccccc43)cc21.O=c1c2ccccc2c2ccccc2n1-c1ccc(-c2ccc(-n3c4ccccc4c4ccccc43)cc2)cc1.O=c1c2ccccc2c2ccccc2n1-c1ccc2oc3ccc(-n4c5ccccc5c5ccccc54)cc3c2c1. The molecule has 25 aromatic rings. The predicted octanol–water partition coefficient (Wildman–Crippen LogP) is 27.6. The summed E-state index contributed by atoms with van der Waals surface area (Å²) in [5, 5.41) is 17.8. The molecule has 0 saturated carbocycles. The zero-order valence-electron chi connectivity index (χ0n) is 67.6. The number of rotatable bonds is 7.